The lowest BCUT2D eigenvalue weighted by atomic mass is 9.79. The van der Waals surface area contributed by atoms with Crippen LogP contribution in [0.4, 0.5) is 0 Å². The number of aryl methyl sites for hydroxylation is 1. The Bertz CT molecular complexity index is 671. The summed E-state index contributed by atoms with van der Waals surface area (Å²) in [4.78, 5) is 19.6. The van der Waals surface area contributed by atoms with Crippen LogP contribution in [-0.2, 0) is 11.2 Å². The zero-order valence-electron chi connectivity index (χ0n) is 13.9. The van der Waals surface area contributed by atoms with Gasteiger partial charge in [0.25, 0.3) is 0 Å². The summed E-state index contributed by atoms with van der Waals surface area (Å²) in [6.45, 7) is 5.66. The first-order valence-corrected chi connectivity index (χ1v) is 8.73. The lowest BCUT2D eigenvalue weighted by Crippen LogP contribution is -2.54. The van der Waals surface area contributed by atoms with Crippen molar-refractivity contribution >= 4 is 29.7 Å². The summed E-state index contributed by atoms with van der Waals surface area (Å²) in [5.74, 6) is 1.23. The van der Waals surface area contributed by atoms with E-state index >= 15 is 0 Å². The Balaban J connectivity index is 0.00000208. The molecule has 1 saturated heterocycles. The van der Waals surface area contributed by atoms with Gasteiger partial charge in [0, 0.05) is 32.0 Å². The Labute approximate surface area is 151 Å². The van der Waals surface area contributed by atoms with E-state index in [0.717, 1.165) is 17.8 Å². The third-order valence-electron chi connectivity index (χ3n) is 4.43. The maximum absolute atomic E-state index is 12.4. The Morgan fingerprint density at radius 1 is 1.54 bits per heavy atom. The number of piperidine rings is 1. The Morgan fingerprint density at radius 2 is 2.33 bits per heavy atom. The molecule has 3 rings (SSSR count). The molecule has 1 fully saturated rings. The molecule has 1 unspecified atom stereocenters. The van der Waals surface area contributed by atoms with Gasteiger partial charge in [0.1, 0.15) is 0 Å². The SMILES string of the molecule is CC1(C)CN(C(=O)CCc2nc(-c3cccs3)no2)CCC1N.Cl. The summed E-state index contributed by atoms with van der Waals surface area (Å²) < 4.78 is 5.24. The molecule has 0 saturated carbocycles. The Morgan fingerprint density at radius 3 is 3.00 bits per heavy atom. The van der Waals surface area contributed by atoms with Gasteiger partial charge < -0.3 is 15.2 Å². The fourth-order valence-electron chi connectivity index (χ4n) is 2.82. The van der Waals surface area contributed by atoms with Gasteiger partial charge in [0.2, 0.25) is 17.6 Å². The Hall–Kier alpha value is -1.44. The van der Waals surface area contributed by atoms with E-state index in [2.05, 4.69) is 24.0 Å². The normalized spacial score (nSPS) is 19.8. The van der Waals surface area contributed by atoms with Crippen LogP contribution in [0.2, 0.25) is 0 Å². The number of hydrogen-bond donors (Lipinski definition) is 1. The number of rotatable bonds is 4. The molecule has 24 heavy (non-hydrogen) atoms. The summed E-state index contributed by atoms with van der Waals surface area (Å²) in [5.41, 5.74) is 6.08. The average molecular weight is 371 g/mol. The molecule has 1 aliphatic heterocycles. The average Bonchev–Trinajstić information content (AvgIpc) is 3.17. The molecule has 2 N–H and O–H groups in total. The second-order valence-corrected chi connectivity index (χ2v) is 7.64. The number of nitrogens with two attached hydrogens (primary N) is 1. The van der Waals surface area contributed by atoms with Crippen molar-refractivity contribution in [2.24, 2.45) is 11.1 Å². The lowest BCUT2D eigenvalue weighted by molar-refractivity contribution is -0.134. The van der Waals surface area contributed by atoms with Gasteiger partial charge in [-0.05, 0) is 23.3 Å². The molecule has 3 heterocycles. The highest BCUT2D eigenvalue weighted by Crippen LogP contribution is 2.28. The molecule has 2 aromatic rings. The number of likely N-dealkylation sites (tertiary alicyclic amines) is 1. The third kappa shape index (κ3) is 4.15. The molecule has 8 heteroatoms. The fourth-order valence-corrected chi connectivity index (χ4v) is 3.47. The van der Waals surface area contributed by atoms with E-state index in [1.807, 2.05) is 22.4 Å². The van der Waals surface area contributed by atoms with Crippen molar-refractivity contribution in [1.29, 1.82) is 0 Å². The van der Waals surface area contributed by atoms with Crippen molar-refractivity contribution in [2.75, 3.05) is 13.1 Å². The van der Waals surface area contributed by atoms with Crippen LogP contribution in [0.25, 0.3) is 10.7 Å². The second-order valence-electron chi connectivity index (χ2n) is 6.69. The maximum atomic E-state index is 12.4. The molecular weight excluding hydrogens is 348 g/mol. The summed E-state index contributed by atoms with van der Waals surface area (Å²) >= 11 is 1.56. The summed E-state index contributed by atoms with van der Waals surface area (Å²) in [7, 11) is 0. The molecular formula is C16H23ClN4O2S. The van der Waals surface area contributed by atoms with Crippen molar-refractivity contribution in [3.8, 4) is 10.7 Å². The zero-order valence-corrected chi connectivity index (χ0v) is 15.5. The molecule has 0 aromatic carbocycles. The van der Waals surface area contributed by atoms with Gasteiger partial charge in [-0.2, -0.15) is 4.98 Å². The van der Waals surface area contributed by atoms with Gasteiger partial charge in [0.05, 0.1) is 4.88 Å². The van der Waals surface area contributed by atoms with Crippen LogP contribution >= 0.6 is 23.7 Å². The van der Waals surface area contributed by atoms with Gasteiger partial charge >= 0.3 is 0 Å². The zero-order chi connectivity index (χ0) is 16.4. The summed E-state index contributed by atoms with van der Waals surface area (Å²) in [6.07, 6.45) is 1.71. The number of thiophene rings is 1. The number of halogens is 1. The number of carbonyl (C=O) groups excluding carboxylic acids is 1. The molecule has 0 radical (unpaired) electrons. The van der Waals surface area contributed by atoms with E-state index in [1.165, 1.54) is 0 Å². The van der Waals surface area contributed by atoms with Crippen LogP contribution < -0.4 is 5.73 Å². The first kappa shape index (κ1) is 18.9. The minimum atomic E-state index is -0.0370. The summed E-state index contributed by atoms with van der Waals surface area (Å²) in [6, 6.07) is 4.04. The molecule has 1 aliphatic rings. The number of hydrogen-bond acceptors (Lipinski definition) is 6. The van der Waals surface area contributed by atoms with Crippen molar-refractivity contribution in [3.05, 3.63) is 23.4 Å². The smallest absolute Gasteiger partial charge is 0.227 e. The van der Waals surface area contributed by atoms with E-state index in [1.54, 1.807) is 11.3 Å². The number of nitrogens with zero attached hydrogens (tertiary/aromatic N) is 3. The molecule has 6 nitrogen and oxygen atoms in total. The first-order valence-electron chi connectivity index (χ1n) is 7.85. The molecule has 1 atom stereocenters. The van der Waals surface area contributed by atoms with Crippen LogP contribution in [0, 0.1) is 5.41 Å². The summed E-state index contributed by atoms with van der Waals surface area (Å²) in [5, 5.41) is 5.93. The van der Waals surface area contributed by atoms with E-state index in [9.17, 15) is 4.79 Å². The number of aromatic nitrogens is 2. The van der Waals surface area contributed by atoms with Gasteiger partial charge in [0.15, 0.2) is 0 Å². The van der Waals surface area contributed by atoms with Gasteiger partial charge in [-0.3, -0.25) is 4.79 Å². The van der Waals surface area contributed by atoms with Crippen LogP contribution in [-0.4, -0.2) is 40.1 Å². The fraction of sp³-hybridized carbons (Fsp3) is 0.562. The minimum absolute atomic E-state index is 0. The van der Waals surface area contributed by atoms with Crippen molar-refractivity contribution in [2.45, 2.75) is 39.2 Å². The largest absolute Gasteiger partial charge is 0.342 e. The Kier molecular flexibility index (Phi) is 6.01. The monoisotopic (exact) mass is 370 g/mol. The highest BCUT2D eigenvalue weighted by atomic mass is 35.5. The molecule has 0 bridgehead atoms. The standard InChI is InChI=1S/C16H22N4O2S.ClH/c1-16(2)10-20(8-7-12(16)17)14(21)6-5-13-18-15(19-22-13)11-4-3-9-23-11;/h3-4,9,12H,5-8,10,17H2,1-2H3;1H. The van der Waals surface area contributed by atoms with Crippen LogP contribution in [0.3, 0.4) is 0 Å². The van der Waals surface area contributed by atoms with E-state index in [0.29, 0.717) is 31.1 Å². The second kappa shape index (κ2) is 7.63. The van der Waals surface area contributed by atoms with Crippen LogP contribution in [0.15, 0.2) is 22.0 Å². The molecule has 0 aliphatic carbocycles. The molecule has 1 amide bonds. The van der Waals surface area contributed by atoms with Crippen molar-refractivity contribution < 1.29 is 9.32 Å². The van der Waals surface area contributed by atoms with Crippen molar-refractivity contribution in [1.82, 2.24) is 15.0 Å². The highest BCUT2D eigenvalue weighted by molar-refractivity contribution is 7.13. The topological polar surface area (TPSA) is 85.2 Å². The molecule has 132 valence electrons. The number of amides is 1. The van der Waals surface area contributed by atoms with Crippen molar-refractivity contribution in [3.63, 3.8) is 0 Å². The lowest BCUT2D eigenvalue weighted by Gasteiger charge is -2.42. The van der Waals surface area contributed by atoms with E-state index in [-0.39, 0.29) is 29.8 Å². The number of carbonyl (C=O) groups is 1. The molecule has 2 aromatic heterocycles. The predicted molar refractivity (Wildman–Crippen MR) is 96.1 cm³/mol. The minimum Gasteiger partial charge on any atom is -0.342 e. The third-order valence-corrected chi connectivity index (χ3v) is 5.29. The first-order chi connectivity index (χ1) is 11.0. The van der Waals surface area contributed by atoms with Crippen LogP contribution in [0.1, 0.15) is 32.6 Å². The van der Waals surface area contributed by atoms with Crippen LogP contribution in [0.5, 0.6) is 0 Å². The van der Waals surface area contributed by atoms with Gasteiger partial charge in [-0.15, -0.1) is 23.7 Å². The molecule has 0 spiro atoms. The quantitative estimate of drug-likeness (QED) is 0.894. The highest BCUT2D eigenvalue weighted by Gasteiger charge is 2.35. The van der Waals surface area contributed by atoms with E-state index in [4.69, 9.17) is 10.3 Å². The van der Waals surface area contributed by atoms with E-state index < -0.39 is 0 Å². The predicted octanol–water partition coefficient (Wildman–Crippen LogP) is 2.74. The van der Waals surface area contributed by atoms with Gasteiger partial charge in [-0.1, -0.05) is 25.1 Å². The maximum Gasteiger partial charge on any atom is 0.227 e. The van der Waals surface area contributed by atoms with Gasteiger partial charge in [-0.25, -0.2) is 0 Å².